The number of amides is 2. The third-order valence-electron chi connectivity index (χ3n) is 4.30. The van der Waals surface area contributed by atoms with Crippen molar-refractivity contribution < 1.29 is 14.3 Å². The number of hydrogen-bond acceptors (Lipinski definition) is 7. The van der Waals surface area contributed by atoms with Crippen molar-refractivity contribution in [1.29, 1.82) is 0 Å². The Morgan fingerprint density at radius 3 is 2.74 bits per heavy atom. The largest absolute Gasteiger partial charge is 0.497 e. The summed E-state index contributed by atoms with van der Waals surface area (Å²) in [5.74, 6) is 1.07. The number of carbonyl (C=O) groups excluding carboxylic acids is 2. The van der Waals surface area contributed by atoms with Gasteiger partial charge in [-0.3, -0.25) is 9.59 Å². The highest BCUT2D eigenvalue weighted by molar-refractivity contribution is 8.01. The van der Waals surface area contributed by atoms with Gasteiger partial charge in [0.05, 0.1) is 7.11 Å². The van der Waals surface area contributed by atoms with Crippen molar-refractivity contribution in [3.8, 4) is 5.75 Å². The smallest absolute Gasteiger partial charge is 0.251 e. The van der Waals surface area contributed by atoms with Crippen LogP contribution in [0.2, 0.25) is 0 Å². The highest BCUT2D eigenvalue weighted by Gasteiger charge is 2.10. The highest BCUT2D eigenvalue weighted by atomic mass is 32.2. The van der Waals surface area contributed by atoms with Crippen LogP contribution in [-0.2, 0) is 11.2 Å². The molecule has 7 nitrogen and oxygen atoms in total. The van der Waals surface area contributed by atoms with Crippen LogP contribution in [0.1, 0.15) is 28.8 Å². The van der Waals surface area contributed by atoms with E-state index < -0.39 is 0 Å². The number of methoxy groups -OCH3 is 1. The van der Waals surface area contributed by atoms with Gasteiger partial charge in [0.15, 0.2) is 4.34 Å². The lowest BCUT2D eigenvalue weighted by atomic mass is 10.1. The van der Waals surface area contributed by atoms with E-state index in [9.17, 15) is 9.59 Å². The molecule has 0 bridgehead atoms. The summed E-state index contributed by atoms with van der Waals surface area (Å²) in [7, 11) is 1.55. The molecule has 0 atom stereocenters. The quantitative estimate of drug-likeness (QED) is 0.257. The fourth-order valence-corrected chi connectivity index (χ4v) is 4.51. The number of nitrogens with one attached hydrogen (secondary N) is 2. The topological polar surface area (TPSA) is 93.2 Å². The first-order chi connectivity index (χ1) is 15.1. The van der Waals surface area contributed by atoms with Crippen molar-refractivity contribution in [3.63, 3.8) is 0 Å². The van der Waals surface area contributed by atoms with Gasteiger partial charge in [0.1, 0.15) is 5.75 Å². The third-order valence-corrected chi connectivity index (χ3v) is 6.36. The Kier molecular flexibility index (Phi) is 8.86. The molecule has 2 N–H and O–H groups in total. The molecule has 1 heterocycles. The van der Waals surface area contributed by atoms with Gasteiger partial charge in [-0.2, -0.15) is 0 Å². The number of nitrogens with zero attached hydrogens (tertiary/aromatic N) is 2. The van der Waals surface area contributed by atoms with Crippen molar-refractivity contribution >= 4 is 40.0 Å². The lowest BCUT2D eigenvalue weighted by Gasteiger charge is -2.06. The van der Waals surface area contributed by atoms with Gasteiger partial charge in [0.25, 0.3) is 5.91 Å². The predicted octanol–water partition coefficient (Wildman–Crippen LogP) is 4.03. The van der Waals surface area contributed by atoms with Crippen LogP contribution in [0.5, 0.6) is 5.75 Å². The number of anilines is 1. The van der Waals surface area contributed by atoms with Gasteiger partial charge in [-0.05, 0) is 36.6 Å². The first-order valence-electron chi connectivity index (χ1n) is 9.86. The van der Waals surface area contributed by atoms with Crippen molar-refractivity contribution in [2.45, 2.75) is 23.6 Å². The van der Waals surface area contributed by atoms with Crippen LogP contribution in [-0.4, -0.2) is 41.4 Å². The molecule has 31 heavy (non-hydrogen) atoms. The number of thioether (sulfide) groups is 1. The van der Waals surface area contributed by atoms with E-state index in [2.05, 4.69) is 33.0 Å². The molecule has 0 aliphatic rings. The first-order valence-corrected chi connectivity index (χ1v) is 11.7. The standard InChI is InChI=1S/C22H24N4O3S2/c1-29-18-11-5-10-17(15-18)20(28)23-13-12-19(27)24-21-25-26-22(31-21)30-14-6-9-16-7-3-2-4-8-16/h2-5,7-8,10-11,15H,6,9,12-14H2,1H3,(H,23,28)(H,24,25,27). The van der Waals surface area contributed by atoms with Crippen LogP contribution in [0.3, 0.4) is 0 Å². The van der Waals surface area contributed by atoms with E-state index in [1.165, 1.54) is 16.9 Å². The van der Waals surface area contributed by atoms with Crippen molar-refractivity contribution in [3.05, 3.63) is 65.7 Å². The summed E-state index contributed by atoms with van der Waals surface area (Å²) in [6.07, 6.45) is 2.22. The molecule has 3 rings (SSSR count). The molecular formula is C22H24N4O3S2. The van der Waals surface area contributed by atoms with E-state index in [0.29, 0.717) is 16.4 Å². The molecule has 162 valence electrons. The molecule has 0 radical (unpaired) electrons. The Morgan fingerprint density at radius 2 is 1.94 bits per heavy atom. The molecule has 3 aromatic rings. The number of carbonyl (C=O) groups is 2. The Morgan fingerprint density at radius 1 is 1.10 bits per heavy atom. The van der Waals surface area contributed by atoms with Crippen LogP contribution >= 0.6 is 23.1 Å². The maximum atomic E-state index is 12.2. The lowest BCUT2D eigenvalue weighted by molar-refractivity contribution is -0.116. The number of hydrogen-bond donors (Lipinski definition) is 2. The summed E-state index contributed by atoms with van der Waals surface area (Å²) in [5, 5.41) is 14.1. The van der Waals surface area contributed by atoms with Crippen LogP contribution < -0.4 is 15.4 Å². The fourth-order valence-electron chi connectivity index (χ4n) is 2.74. The summed E-state index contributed by atoms with van der Waals surface area (Å²) >= 11 is 2.99. The molecular weight excluding hydrogens is 432 g/mol. The SMILES string of the molecule is COc1cccc(C(=O)NCCC(=O)Nc2nnc(SCCCc3ccccc3)s2)c1. The Hall–Kier alpha value is -2.91. The Labute approximate surface area is 189 Å². The average molecular weight is 457 g/mol. The maximum Gasteiger partial charge on any atom is 0.251 e. The van der Waals surface area contributed by atoms with Gasteiger partial charge >= 0.3 is 0 Å². The van der Waals surface area contributed by atoms with E-state index in [1.807, 2.05) is 18.2 Å². The molecule has 2 amide bonds. The van der Waals surface area contributed by atoms with Crippen molar-refractivity contribution in [2.24, 2.45) is 0 Å². The molecule has 9 heteroatoms. The monoisotopic (exact) mass is 456 g/mol. The molecule has 0 saturated carbocycles. The van der Waals surface area contributed by atoms with Crippen molar-refractivity contribution in [1.82, 2.24) is 15.5 Å². The molecule has 0 unspecified atom stereocenters. The minimum absolute atomic E-state index is 0.148. The van der Waals surface area contributed by atoms with Crippen LogP contribution in [0.25, 0.3) is 0 Å². The third kappa shape index (κ3) is 7.69. The molecule has 2 aromatic carbocycles. The highest BCUT2D eigenvalue weighted by Crippen LogP contribution is 2.26. The summed E-state index contributed by atoms with van der Waals surface area (Å²) in [4.78, 5) is 24.3. The second-order valence-electron chi connectivity index (χ2n) is 6.60. The molecule has 0 aliphatic carbocycles. The van der Waals surface area contributed by atoms with Gasteiger partial charge < -0.3 is 15.4 Å². The molecule has 0 fully saturated rings. The van der Waals surface area contributed by atoms with E-state index >= 15 is 0 Å². The van der Waals surface area contributed by atoms with E-state index in [4.69, 9.17) is 4.74 Å². The zero-order valence-electron chi connectivity index (χ0n) is 17.2. The second-order valence-corrected chi connectivity index (χ2v) is 8.92. The van der Waals surface area contributed by atoms with Crippen LogP contribution in [0, 0.1) is 0 Å². The van der Waals surface area contributed by atoms with E-state index in [1.54, 1.807) is 43.1 Å². The number of aryl methyl sites for hydroxylation is 1. The second kappa shape index (κ2) is 12.1. The Bertz CT molecular complexity index is 995. The van der Waals surface area contributed by atoms with Crippen molar-refractivity contribution in [2.75, 3.05) is 24.7 Å². The zero-order chi connectivity index (χ0) is 21.9. The van der Waals surface area contributed by atoms with Gasteiger partial charge in [-0.25, -0.2) is 0 Å². The number of ether oxygens (including phenoxy) is 1. The van der Waals surface area contributed by atoms with Gasteiger partial charge in [0, 0.05) is 24.3 Å². The van der Waals surface area contributed by atoms with Gasteiger partial charge in [-0.15, -0.1) is 10.2 Å². The minimum Gasteiger partial charge on any atom is -0.497 e. The van der Waals surface area contributed by atoms with Crippen LogP contribution in [0.15, 0.2) is 58.9 Å². The average Bonchev–Trinajstić information content (AvgIpc) is 3.24. The Balaban J connectivity index is 1.34. The zero-order valence-corrected chi connectivity index (χ0v) is 18.8. The number of rotatable bonds is 11. The maximum absolute atomic E-state index is 12.2. The first kappa shape index (κ1) is 22.8. The lowest BCUT2D eigenvalue weighted by Crippen LogP contribution is -2.27. The summed E-state index contributed by atoms with van der Waals surface area (Å²) in [6.45, 7) is 0.224. The molecule has 0 aliphatic heterocycles. The van der Waals surface area contributed by atoms with Gasteiger partial charge in [0.2, 0.25) is 11.0 Å². The number of aromatic nitrogens is 2. The predicted molar refractivity (Wildman–Crippen MR) is 124 cm³/mol. The molecule has 1 aromatic heterocycles. The van der Waals surface area contributed by atoms with E-state index in [0.717, 1.165) is 22.9 Å². The summed E-state index contributed by atoms with van der Waals surface area (Å²) in [6, 6.07) is 17.2. The minimum atomic E-state index is -0.253. The molecule has 0 spiro atoms. The fraction of sp³-hybridized carbons (Fsp3) is 0.273. The van der Waals surface area contributed by atoms with E-state index in [-0.39, 0.29) is 24.8 Å². The van der Waals surface area contributed by atoms with Gasteiger partial charge in [-0.1, -0.05) is 59.5 Å². The summed E-state index contributed by atoms with van der Waals surface area (Å²) < 4.78 is 5.94. The summed E-state index contributed by atoms with van der Waals surface area (Å²) in [5.41, 5.74) is 1.81. The normalized spacial score (nSPS) is 10.5. The molecule has 0 saturated heterocycles. The van der Waals surface area contributed by atoms with Crippen LogP contribution in [0.4, 0.5) is 5.13 Å². The number of benzene rings is 2.